The van der Waals surface area contributed by atoms with Crippen molar-refractivity contribution in [1.82, 2.24) is 9.97 Å². The number of pyridine rings is 2. The van der Waals surface area contributed by atoms with Crippen LogP contribution in [0.15, 0.2) is 30.6 Å². The van der Waals surface area contributed by atoms with Gasteiger partial charge >= 0.3 is 0 Å². The van der Waals surface area contributed by atoms with Gasteiger partial charge in [0, 0.05) is 11.8 Å². The Morgan fingerprint density at radius 1 is 1.28 bits per heavy atom. The first-order chi connectivity index (χ1) is 8.56. The number of anilines is 1. The average molecular weight is 282 g/mol. The molecule has 2 rings (SSSR count). The van der Waals surface area contributed by atoms with E-state index in [2.05, 4.69) is 15.3 Å². The third kappa shape index (κ3) is 2.97. The normalized spacial score (nSPS) is 10.2. The molecule has 92 valence electrons. The molecular formula is C12H9Cl2N3O. The van der Waals surface area contributed by atoms with Crippen LogP contribution in [-0.4, -0.2) is 15.9 Å². The summed E-state index contributed by atoms with van der Waals surface area (Å²) in [7, 11) is 0. The summed E-state index contributed by atoms with van der Waals surface area (Å²) < 4.78 is 0. The Bertz CT molecular complexity index is 581. The van der Waals surface area contributed by atoms with Crippen LogP contribution in [0.1, 0.15) is 15.9 Å². The van der Waals surface area contributed by atoms with Crippen molar-refractivity contribution in [3.8, 4) is 0 Å². The molecule has 0 saturated carbocycles. The van der Waals surface area contributed by atoms with E-state index in [-0.39, 0.29) is 16.2 Å². The van der Waals surface area contributed by atoms with Crippen molar-refractivity contribution in [3.05, 3.63) is 52.0 Å². The van der Waals surface area contributed by atoms with Gasteiger partial charge in [0.15, 0.2) is 0 Å². The minimum Gasteiger partial charge on any atom is -0.320 e. The summed E-state index contributed by atoms with van der Waals surface area (Å²) >= 11 is 11.5. The number of nitrogens with one attached hydrogen (secondary N) is 1. The Kier molecular flexibility index (Phi) is 3.79. The van der Waals surface area contributed by atoms with Crippen LogP contribution in [0.3, 0.4) is 0 Å². The molecule has 2 aromatic heterocycles. The Hall–Kier alpha value is -1.65. The van der Waals surface area contributed by atoms with Crippen LogP contribution in [0.4, 0.5) is 5.69 Å². The van der Waals surface area contributed by atoms with Gasteiger partial charge in [-0.2, -0.15) is 0 Å². The van der Waals surface area contributed by atoms with Crippen LogP contribution >= 0.6 is 23.2 Å². The third-order valence-corrected chi connectivity index (χ3v) is 2.70. The van der Waals surface area contributed by atoms with Gasteiger partial charge in [-0.05, 0) is 30.7 Å². The lowest BCUT2D eigenvalue weighted by molar-refractivity contribution is 0.102. The molecule has 0 bridgehead atoms. The molecule has 0 fully saturated rings. The highest BCUT2D eigenvalue weighted by Gasteiger charge is 2.10. The van der Waals surface area contributed by atoms with Crippen LogP contribution in [0.5, 0.6) is 0 Å². The molecule has 6 heteroatoms. The molecule has 0 aromatic carbocycles. The molecule has 4 nitrogen and oxygen atoms in total. The second kappa shape index (κ2) is 5.33. The summed E-state index contributed by atoms with van der Waals surface area (Å²) in [5, 5.41) is 3.09. The molecule has 1 amide bonds. The summed E-state index contributed by atoms with van der Waals surface area (Å²) in [6, 6.07) is 4.71. The van der Waals surface area contributed by atoms with Crippen molar-refractivity contribution in [1.29, 1.82) is 0 Å². The fourth-order valence-electron chi connectivity index (χ4n) is 1.39. The van der Waals surface area contributed by atoms with Crippen molar-refractivity contribution >= 4 is 34.8 Å². The molecular weight excluding hydrogens is 273 g/mol. The van der Waals surface area contributed by atoms with Gasteiger partial charge in [0.2, 0.25) is 0 Å². The lowest BCUT2D eigenvalue weighted by atomic mass is 10.2. The van der Waals surface area contributed by atoms with Gasteiger partial charge in [-0.15, -0.1) is 0 Å². The number of rotatable bonds is 2. The predicted molar refractivity (Wildman–Crippen MR) is 71.2 cm³/mol. The van der Waals surface area contributed by atoms with Crippen molar-refractivity contribution in [2.24, 2.45) is 0 Å². The van der Waals surface area contributed by atoms with Crippen LogP contribution in [-0.2, 0) is 0 Å². The molecule has 0 radical (unpaired) electrons. The SMILES string of the molecule is Cc1ccncc1NC(=O)c1cc(Cl)nc(Cl)c1. The van der Waals surface area contributed by atoms with E-state index in [1.165, 1.54) is 12.1 Å². The van der Waals surface area contributed by atoms with E-state index in [0.29, 0.717) is 11.3 Å². The maximum absolute atomic E-state index is 12.0. The minimum absolute atomic E-state index is 0.176. The van der Waals surface area contributed by atoms with Gasteiger partial charge in [0.05, 0.1) is 11.9 Å². The lowest BCUT2D eigenvalue weighted by Gasteiger charge is -2.07. The number of hydrogen-bond donors (Lipinski definition) is 1. The fourth-order valence-corrected chi connectivity index (χ4v) is 1.85. The van der Waals surface area contributed by atoms with Crippen LogP contribution in [0, 0.1) is 6.92 Å². The smallest absolute Gasteiger partial charge is 0.255 e. The summed E-state index contributed by atoms with van der Waals surface area (Å²) in [5.41, 5.74) is 1.92. The number of aromatic nitrogens is 2. The molecule has 2 aromatic rings. The van der Waals surface area contributed by atoms with Crippen molar-refractivity contribution in [2.75, 3.05) is 5.32 Å². The molecule has 0 saturated heterocycles. The summed E-state index contributed by atoms with van der Waals surface area (Å²) in [5.74, 6) is -0.308. The molecule has 0 spiro atoms. The predicted octanol–water partition coefficient (Wildman–Crippen LogP) is 3.34. The second-order valence-electron chi connectivity index (χ2n) is 3.65. The maximum atomic E-state index is 12.0. The third-order valence-electron chi connectivity index (χ3n) is 2.31. The standard InChI is InChI=1S/C12H9Cl2N3O/c1-7-2-3-15-6-9(7)16-12(18)8-4-10(13)17-11(14)5-8/h2-6H,1H3,(H,16,18). The number of carbonyl (C=O) groups excluding carboxylic acids is 1. The van der Waals surface area contributed by atoms with Crippen LogP contribution in [0.2, 0.25) is 10.3 Å². The topological polar surface area (TPSA) is 54.9 Å². The van der Waals surface area contributed by atoms with E-state index < -0.39 is 0 Å². The minimum atomic E-state index is -0.308. The zero-order chi connectivity index (χ0) is 13.1. The zero-order valence-corrected chi connectivity index (χ0v) is 11.0. The Labute approximate surface area is 114 Å². The highest BCUT2D eigenvalue weighted by molar-refractivity contribution is 6.33. The summed E-state index contributed by atoms with van der Waals surface area (Å²) in [6.45, 7) is 1.88. The van der Waals surface area contributed by atoms with E-state index in [9.17, 15) is 4.79 Å². The average Bonchev–Trinajstić information content (AvgIpc) is 2.31. The van der Waals surface area contributed by atoms with E-state index in [1.54, 1.807) is 12.4 Å². The first-order valence-corrected chi connectivity index (χ1v) is 5.87. The molecule has 0 unspecified atom stereocenters. The van der Waals surface area contributed by atoms with Crippen molar-refractivity contribution < 1.29 is 4.79 Å². The molecule has 0 aliphatic rings. The lowest BCUT2D eigenvalue weighted by Crippen LogP contribution is -2.13. The molecule has 18 heavy (non-hydrogen) atoms. The quantitative estimate of drug-likeness (QED) is 0.859. The van der Waals surface area contributed by atoms with E-state index in [4.69, 9.17) is 23.2 Å². The Morgan fingerprint density at radius 2 is 1.94 bits per heavy atom. The number of amides is 1. The highest BCUT2D eigenvalue weighted by Crippen LogP contribution is 2.17. The van der Waals surface area contributed by atoms with Crippen LogP contribution < -0.4 is 5.32 Å². The fraction of sp³-hybridized carbons (Fsp3) is 0.0833. The van der Waals surface area contributed by atoms with Gasteiger partial charge in [-0.1, -0.05) is 23.2 Å². The zero-order valence-electron chi connectivity index (χ0n) is 9.45. The number of carbonyl (C=O) groups is 1. The number of hydrogen-bond acceptors (Lipinski definition) is 3. The monoisotopic (exact) mass is 281 g/mol. The molecule has 0 atom stereocenters. The summed E-state index contributed by atoms with van der Waals surface area (Å²) in [6.07, 6.45) is 3.24. The van der Waals surface area contributed by atoms with Crippen molar-refractivity contribution in [3.63, 3.8) is 0 Å². The van der Waals surface area contributed by atoms with Crippen molar-refractivity contribution in [2.45, 2.75) is 6.92 Å². The Morgan fingerprint density at radius 3 is 2.56 bits per heavy atom. The molecule has 0 aliphatic heterocycles. The second-order valence-corrected chi connectivity index (χ2v) is 4.42. The number of nitrogens with zero attached hydrogens (tertiary/aromatic N) is 2. The first kappa shape index (κ1) is 12.8. The maximum Gasteiger partial charge on any atom is 0.255 e. The molecule has 1 N–H and O–H groups in total. The van der Waals surface area contributed by atoms with Gasteiger partial charge < -0.3 is 5.32 Å². The Balaban J connectivity index is 2.25. The van der Waals surface area contributed by atoms with Gasteiger partial charge in [0.25, 0.3) is 5.91 Å². The number of aryl methyl sites for hydroxylation is 1. The first-order valence-electron chi connectivity index (χ1n) is 5.11. The van der Waals surface area contributed by atoms with E-state index in [1.807, 2.05) is 13.0 Å². The largest absolute Gasteiger partial charge is 0.320 e. The molecule has 2 heterocycles. The van der Waals surface area contributed by atoms with Gasteiger partial charge in [0.1, 0.15) is 10.3 Å². The van der Waals surface area contributed by atoms with Gasteiger partial charge in [-0.3, -0.25) is 9.78 Å². The van der Waals surface area contributed by atoms with E-state index >= 15 is 0 Å². The van der Waals surface area contributed by atoms with Crippen LogP contribution in [0.25, 0.3) is 0 Å². The number of halogens is 2. The highest BCUT2D eigenvalue weighted by atomic mass is 35.5. The summed E-state index contributed by atoms with van der Waals surface area (Å²) in [4.78, 5) is 19.7. The molecule has 0 aliphatic carbocycles. The van der Waals surface area contributed by atoms with E-state index in [0.717, 1.165) is 5.56 Å². The van der Waals surface area contributed by atoms with Gasteiger partial charge in [-0.25, -0.2) is 4.98 Å².